The van der Waals surface area contributed by atoms with Gasteiger partial charge in [-0.05, 0) is 29.8 Å². The Hall–Kier alpha value is -1.55. The van der Waals surface area contributed by atoms with E-state index in [1.165, 1.54) is 11.1 Å². The number of ether oxygens (including phenoxy) is 1. The number of pyridine rings is 1. The quantitative estimate of drug-likeness (QED) is 0.944. The average molecular weight is 305 g/mol. The highest BCUT2D eigenvalue weighted by Crippen LogP contribution is 2.33. The first kappa shape index (κ1) is 11.5. The molecule has 0 radical (unpaired) electrons. The van der Waals surface area contributed by atoms with E-state index in [0.717, 1.165) is 35.5 Å². The van der Waals surface area contributed by atoms with Crippen molar-refractivity contribution in [2.45, 2.75) is 13.0 Å². The lowest BCUT2D eigenvalue weighted by Gasteiger charge is -2.11. The van der Waals surface area contributed by atoms with Crippen LogP contribution in [0.5, 0.6) is 5.75 Å². The maximum atomic E-state index is 5.70. The highest BCUT2D eigenvalue weighted by Gasteiger charge is 2.17. The SMILES string of the molecule is Brc1cc2c(c(CNc3ccncc3)c1)OCC2. The predicted molar refractivity (Wildman–Crippen MR) is 74.9 cm³/mol. The summed E-state index contributed by atoms with van der Waals surface area (Å²) >= 11 is 3.55. The van der Waals surface area contributed by atoms with E-state index in [-0.39, 0.29) is 0 Å². The maximum Gasteiger partial charge on any atom is 0.127 e. The van der Waals surface area contributed by atoms with Crippen molar-refractivity contribution in [3.05, 3.63) is 52.3 Å². The van der Waals surface area contributed by atoms with Crippen LogP contribution < -0.4 is 10.1 Å². The summed E-state index contributed by atoms with van der Waals surface area (Å²) in [4.78, 5) is 4.00. The standard InChI is InChI=1S/C14H13BrN2O/c15-12-7-10-3-6-18-14(10)11(8-12)9-17-13-1-4-16-5-2-13/h1-2,4-5,7-8H,3,6,9H2,(H,16,17). The molecule has 2 heterocycles. The first-order valence-electron chi connectivity index (χ1n) is 5.91. The summed E-state index contributed by atoms with van der Waals surface area (Å²) in [5.74, 6) is 1.04. The van der Waals surface area contributed by atoms with Crippen molar-refractivity contribution in [2.24, 2.45) is 0 Å². The van der Waals surface area contributed by atoms with Gasteiger partial charge in [0.1, 0.15) is 5.75 Å². The van der Waals surface area contributed by atoms with E-state index >= 15 is 0 Å². The van der Waals surface area contributed by atoms with Crippen molar-refractivity contribution >= 4 is 21.6 Å². The van der Waals surface area contributed by atoms with Crippen LogP contribution in [0.25, 0.3) is 0 Å². The molecule has 0 fully saturated rings. The molecule has 92 valence electrons. The molecule has 0 atom stereocenters. The van der Waals surface area contributed by atoms with Crippen LogP contribution in [-0.4, -0.2) is 11.6 Å². The molecule has 0 saturated heterocycles. The summed E-state index contributed by atoms with van der Waals surface area (Å²) in [5, 5.41) is 3.38. The molecule has 1 aromatic carbocycles. The second kappa shape index (κ2) is 4.98. The summed E-state index contributed by atoms with van der Waals surface area (Å²) in [6, 6.07) is 8.16. The van der Waals surface area contributed by atoms with E-state index in [9.17, 15) is 0 Å². The molecule has 0 unspecified atom stereocenters. The molecule has 0 aliphatic carbocycles. The van der Waals surface area contributed by atoms with Crippen LogP contribution in [0.1, 0.15) is 11.1 Å². The van der Waals surface area contributed by atoms with Crippen LogP contribution in [0.2, 0.25) is 0 Å². The van der Waals surface area contributed by atoms with Crippen molar-refractivity contribution < 1.29 is 4.74 Å². The minimum Gasteiger partial charge on any atom is -0.493 e. The van der Waals surface area contributed by atoms with Gasteiger partial charge < -0.3 is 10.1 Å². The van der Waals surface area contributed by atoms with Crippen LogP contribution in [-0.2, 0) is 13.0 Å². The zero-order valence-electron chi connectivity index (χ0n) is 9.82. The number of fused-ring (bicyclic) bond motifs is 1. The van der Waals surface area contributed by atoms with Gasteiger partial charge in [0.2, 0.25) is 0 Å². The Morgan fingerprint density at radius 3 is 2.94 bits per heavy atom. The summed E-state index contributed by atoms with van der Waals surface area (Å²) in [6.07, 6.45) is 4.56. The highest BCUT2D eigenvalue weighted by molar-refractivity contribution is 9.10. The summed E-state index contributed by atoms with van der Waals surface area (Å²) in [7, 11) is 0. The molecule has 0 spiro atoms. The molecule has 1 aromatic heterocycles. The highest BCUT2D eigenvalue weighted by atomic mass is 79.9. The van der Waals surface area contributed by atoms with Crippen LogP contribution in [0.3, 0.4) is 0 Å². The van der Waals surface area contributed by atoms with Gasteiger partial charge in [0.25, 0.3) is 0 Å². The van der Waals surface area contributed by atoms with Crippen molar-refractivity contribution in [1.82, 2.24) is 4.98 Å². The van der Waals surface area contributed by atoms with Gasteiger partial charge in [0.15, 0.2) is 0 Å². The predicted octanol–water partition coefficient (Wildman–Crippen LogP) is 3.39. The summed E-state index contributed by atoms with van der Waals surface area (Å²) in [5.41, 5.74) is 3.54. The lowest BCUT2D eigenvalue weighted by atomic mass is 10.1. The number of nitrogens with one attached hydrogen (secondary N) is 1. The maximum absolute atomic E-state index is 5.70. The van der Waals surface area contributed by atoms with Crippen molar-refractivity contribution in [2.75, 3.05) is 11.9 Å². The second-order valence-corrected chi connectivity index (χ2v) is 5.16. The van der Waals surface area contributed by atoms with E-state index in [2.05, 4.69) is 38.4 Å². The van der Waals surface area contributed by atoms with Crippen molar-refractivity contribution in [1.29, 1.82) is 0 Å². The van der Waals surface area contributed by atoms with Gasteiger partial charge in [-0.3, -0.25) is 4.98 Å². The topological polar surface area (TPSA) is 34.2 Å². The monoisotopic (exact) mass is 304 g/mol. The van der Waals surface area contributed by atoms with Gasteiger partial charge in [-0.2, -0.15) is 0 Å². The molecule has 1 N–H and O–H groups in total. The van der Waals surface area contributed by atoms with Crippen molar-refractivity contribution in [3.8, 4) is 5.75 Å². The lowest BCUT2D eigenvalue weighted by Crippen LogP contribution is -2.01. The summed E-state index contributed by atoms with van der Waals surface area (Å²) in [6.45, 7) is 1.54. The van der Waals surface area contributed by atoms with Gasteiger partial charge in [-0.15, -0.1) is 0 Å². The first-order chi connectivity index (χ1) is 8.83. The third-order valence-electron chi connectivity index (χ3n) is 2.99. The number of hydrogen-bond acceptors (Lipinski definition) is 3. The Morgan fingerprint density at radius 2 is 2.11 bits per heavy atom. The van der Waals surface area contributed by atoms with Crippen LogP contribution in [0.4, 0.5) is 5.69 Å². The molecule has 18 heavy (non-hydrogen) atoms. The molecule has 0 amide bonds. The largest absolute Gasteiger partial charge is 0.493 e. The van der Waals surface area contributed by atoms with Crippen LogP contribution in [0, 0.1) is 0 Å². The van der Waals surface area contributed by atoms with E-state index in [4.69, 9.17) is 4.74 Å². The third-order valence-corrected chi connectivity index (χ3v) is 3.45. The Morgan fingerprint density at radius 1 is 1.28 bits per heavy atom. The smallest absolute Gasteiger partial charge is 0.127 e. The number of halogens is 1. The van der Waals surface area contributed by atoms with E-state index < -0.39 is 0 Å². The zero-order valence-corrected chi connectivity index (χ0v) is 11.4. The van der Waals surface area contributed by atoms with Gasteiger partial charge in [-0.1, -0.05) is 15.9 Å². The first-order valence-corrected chi connectivity index (χ1v) is 6.70. The van der Waals surface area contributed by atoms with Gasteiger partial charge in [0.05, 0.1) is 6.61 Å². The van der Waals surface area contributed by atoms with E-state index in [1.807, 2.05) is 12.1 Å². The molecular formula is C14H13BrN2O. The fourth-order valence-electron chi connectivity index (χ4n) is 2.14. The number of hydrogen-bond donors (Lipinski definition) is 1. The number of benzene rings is 1. The molecule has 0 bridgehead atoms. The molecule has 4 heteroatoms. The van der Waals surface area contributed by atoms with Gasteiger partial charge >= 0.3 is 0 Å². The molecule has 1 aliphatic heterocycles. The lowest BCUT2D eigenvalue weighted by molar-refractivity contribution is 0.354. The normalized spacial score (nSPS) is 12.9. The molecule has 3 nitrogen and oxygen atoms in total. The van der Waals surface area contributed by atoms with Crippen LogP contribution in [0.15, 0.2) is 41.1 Å². The average Bonchev–Trinajstić information content (AvgIpc) is 2.85. The molecule has 2 aromatic rings. The molecule has 1 aliphatic rings. The Bertz CT molecular complexity index is 557. The molecule has 0 saturated carbocycles. The van der Waals surface area contributed by atoms with Gasteiger partial charge in [-0.25, -0.2) is 0 Å². The van der Waals surface area contributed by atoms with E-state index in [1.54, 1.807) is 12.4 Å². The van der Waals surface area contributed by atoms with Crippen molar-refractivity contribution in [3.63, 3.8) is 0 Å². The number of nitrogens with zero attached hydrogens (tertiary/aromatic N) is 1. The minimum absolute atomic E-state index is 0.756. The molecule has 3 rings (SSSR count). The Balaban J connectivity index is 1.81. The van der Waals surface area contributed by atoms with Gasteiger partial charge in [0, 0.05) is 41.1 Å². The fourth-order valence-corrected chi connectivity index (χ4v) is 2.70. The summed E-state index contributed by atoms with van der Waals surface area (Å²) < 4.78 is 6.81. The minimum atomic E-state index is 0.756. The Labute approximate surface area is 114 Å². The third kappa shape index (κ3) is 2.34. The zero-order chi connectivity index (χ0) is 12.4. The second-order valence-electron chi connectivity index (χ2n) is 4.24. The fraction of sp³-hybridized carbons (Fsp3) is 0.214. The Kier molecular flexibility index (Phi) is 3.19. The number of rotatable bonds is 3. The number of anilines is 1. The van der Waals surface area contributed by atoms with Crippen LogP contribution >= 0.6 is 15.9 Å². The van der Waals surface area contributed by atoms with E-state index in [0.29, 0.717) is 0 Å². The molecular weight excluding hydrogens is 292 g/mol. The number of aromatic nitrogens is 1.